The summed E-state index contributed by atoms with van der Waals surface area (Å²) in [4.78, 5) is 19.9. The number of piperazine rings is 1. The summed E-state index contributed by atoms with van der Waals surface area (Å²) in [6.07, 6.45) is 0. The summed E-state index contributed by atoms with van der Waals surface area (Å²) in [5, 5.41) is 20.2. The molecule has 37 heavy (non-hydrogen) atoms. The molecule has 0 saturated carbocycles. The summed E-state index contributed by atoms with van der Waals surface area (Å²) >= 11 is 0. The lowest BCUT2D eigenvalue weighted by atomic mass is 9.92. The Morgan fingerprint density at radius 1 is 0.865 bits per heavy atom. The minimum absolute atomic E-state index is 0.0406. The molecule has 1 fully saturated rings. The lowest BCUT2D eigenvalue weighted by Gasteiger charge is -2.47. The van der Waals surface area contributed by atoms with Gasteiger partial charge in [-0.2, -0.15) is 0 Å². The van der Waals surface area contributed by atoms with Gasteiger partial charge in [0.2, 0.25) is 0 Å². The number of benzene rings is 3. The lowest BCUT2D eigenvalue weighted by molar-refractivity contribution is 0.0194. The van der Waals surface area contributed by atoms with Crippen LogP contribution in [0.1, 0.15) is 60.8 Å². The van der Waals surface area contributed by atoms with Crippen LogP contribution in [-0.2, 0) is 6.54 Å². The molecule has 0 radical (unpaired) electrons. The fraction of sp³-hybridized carbons (Fsp3) is 0.387. The monoisotopic (exact) mass is 501 g/mol. The van der Waals surface area contributed by atoms with E-state index in [0.29, 0.717) is 24.4 Å². The summed E-state index contributed by atoms with van der Waals surface area (Å²) in [7, 11) is 0. The zero-order chi connectivity index (χ0) is 26.5. The molecule has 1 saturated heterocycles. The Morgan fingerprint density at radius 3 is 2.14 bits per heavy atom. The number of carbonyl (C=O) groups excluding carboxylic acids is 1. The van der Waals surface area contributed by atoms with Crippen LogP contribution in [0.15, 0.2) is 72.8 Å². The maximum atomic E-state index is 13.2. The van der Waals surface area contributed by atoms with Crippen LogP contribution < -0.4 is 0 Å². The third kappa shape index (κ3) is 6.14. The summed E-state index contributed by atoms with van der Waals surface area (Å²) in [5.74, 6) is 0.569. The molecule has 6 nitrogen and oxygen atoms in total. The van der Waals surface area contributed by atoms with E-state index in [9.17, 15) is 15.0 Å². The SMILES string of the molecule is CCN(CC)C(=O)c1cccc(C(c2cccc(O)c2)N2C[C@@H](C)N(Cc3cccc(O)c3)C[C@H]2C)c1. The second-order valence-electron chi connectivity index (χ2n) is 10.1. The summed E-state index contributed by atoms with van der Waals surface area (Å²) in [6, 6.07) is 23.3. The van der Waals surface area contributed by atoms with Crippen molar-refractivity contribution in [2.45, 2.75) is 52.4 Å². The molecule has 6 heteroatoms. The van der Waals surface area contributed by atoms with Crippen molar-refractivity contribution >= 4 is 5.91 Å². The molecule has 3 aromatic rings. The lowest BCUT2D eigenvalue weighted by Crippen LogP contribution is -2.56. The summed E-state index contributed by atoms with van der Waals surface area (Å²) in [6.45, 7) is 12.3. The molecule has 1 unspecified atom stereocenters. The predicted octanol–water partition coefficient (Wildman–Crippen LogP) is 5.26. The van der Waals surface area contributed by atoms with Crippen LogP contribution in [0.3, 0.4) is 0 Å². The van der Waals surface area contributed by atoms with Crippen LogP contribution in [0.25, 0.3) is 0 Å². The molecule has 3 aromatic carbocycles. The Kier molecular flexibility index (Phi) is 8.52. The first-order valence-corrected chi connectivity index (χ1v) is 13.3. The number of hydrogen-bond donors (Lipinski definition) is 2. The second-order valence-corrected chi connectivity index (χ2v) is 10.1. The van der Waals surface area contributed by atoms with Crippen molar-refractivity contribution in [2.24, 2.45) is 0 Å². The van der Waals surface area contributed by atoms with Crippen molar-refractivity contribution in [1.29, 1.82) is 0 Å². The molecule has 0 aliphatic carbocycles. The van der Waals surface area contributed by atoms with Crippen molar-refractivity contribution in [1.82, 2.24) is 14.7 Å². The van der Waals surface area contributed by atoms with E-state index in [2.05, 4.69) is 41.8 Å². The minimum atomic E-state index is -0.100. The van der Waals surface area contributed by atoms with Gasteiger partial charge in [0.05, 0.1) is 6.04 Å². The second kappa shape index (κ2) is 11.8. The van der Waals surface area contributed by atoms with Gasteiger partial charge < -0.3 is 15.1 Å². The highest BCUT2D eigenvalue weighted by molar-refractivity contribution is 5.94. The third-order valence-corrected chi connectivity index (χ3v) is 7.48. The molecule has 1 aliphatic heterocycles. The van der Waals surface area contributed by atoms with Crippen LogP contribution in [0, 0.1) is 0 Å². The average Bonchev–Trinajstić information content (AvgIpc) is 2.88. The van der Waals surface area contributed by atoms with Gasteiger partial charge in [0, 0.05) is 50.4 Å². The van der Waals surface area contributed by atoms with Gasteiger partial charge in [-0.3, -0.25) is 14.6 Å². The molecule has 3 atom stereocenters. The molecule has 1 amide bonds. The van der Waals surface area contributed by atoms with E-state index in [1.807, 2.05) is 61.2 Å². The topological polar surface area (TPSA) is 67.3 Å². The minimum Gasteiger partial charge on any atom is -0.508 e. The number of rotatable bonds is 8. The van der Waals surface area contributed by atoms with Crippen LogP contribution in [0.4, 0.5) is 0 Å². The zero-order valence-corrected chi connectivity index (χ0v) is 22.3. The van der Waals surface area contributed by atoms with Gasteiger partial charge in [-0.05, 0) is 80.8 Å². The van der Waals surface area contributed by atoms with Crippen molar-refractivity contribution in [3.63, 3.8) is 0 Å². The van der Waals surface area contributed by atoms with E-state index in [-0.39, 0.29) is 29.8 Å². The average molecular weight is 502 g/mol. The Hall–Kier alpha value is -3.35. The molecule has 0 spiro atoms. The molecule has 2 N–H and O–H groups in total. The fourth-order valence-electron chi connectivity index (χ4n) is 5.50. The van der Waals surface area contributed by atoms with E-state index in [1.165, 1.54) is 0 Å². The Balaban J connectivity index is 1.66. The van der Waals surface area contributed by atoms with Gasteiger partial charge in [-0.15, -0.1) is 0 Å². The van der Waals surface area contributed by atoms with Gasteiger partial charge in [0.25, 0.3) is 5.91 Å². The summed E-state index contributed by atoms with van der Waals surface area (Å²) in [5.41, 5.74) is 3.84. The number of phenolic OH excluding ortho intramolecular Hbond substituents is 2. The van der Waals surface area contributed by atoms with Gasteiger partial charge in [-0.1, -0.05) is 36.4 Å². The van der Waals surface area contributed by atoms with Gasteiger partial charge in [-0.25, -0.2) is 0 Å². The molecule has 4 rings (SSSR count). The van der Waals surface area contributed by atoms with Crippen molar-refractivity contribution in [2.75, 3.05) is 26.2 Å². The Morgan fingerprint density at radius 2 is 1.49 bits per heavy atom. The van der Waals surface area contributed by atoms with Gasteiger partial charge in [0.1, 0.15) is 11.5 Å². The van der Waals surface area contributed by atoms with Gasteiger partial charge in [0.15, 0.2) is 0 Å². The molecule has 196 valence electrons. The molecule has 0 bridgehead atoms. The van der Waals surface area contributed by atoms with Crippen LogP contribution in [0.5, 0.6) is 11.5 Å². The number of carbonyl (C=O) groups is 1. The fourth-order valence-corrected chi connectivity index (χ4v) is 5.50. The third-order valence-electron chi connectivity index (χ3n) is 7.48. The van der Waals surface area contributed by atoms with E-state index >= 15 is 0 Å². The number of hydrogen-bond acceptors (Lipinski definition) is 5. The highest BCUT2D eigenvalue weighted by atomic mass is 16.3. The first kappa shape index (κ1) is 26.7. The number of aromatic hydroxyl groups is 2. The molecular weight excluding hydrogens is 462 g/mol. The number of amides is 1. The first-order chi connectivity index (χ1) is 17.8. The highest BCUT2D eigenvalue weighted by Crippen LogP contribution is 2.35. The maximum absolute atomic E-state index is 13.2. The molecule has 1 heterocycles. The van der Waals surface area contributed by atoms with E-state index < -0.39 is 0 Å². The Labute approximate surface area is 220 Å². The van der Waals surface area contributed by atoms with Gasteiger partial charge >= 0.3 is 0 Å². The van der Waals surface area contributed by atoms with Crippen LogP contribution in [-0.4, -0.2) is 69.1 Å². The van der Waals surface area contributed by atoms with Crippen LogP contribution in [0.2, 0.25) is 0 Å². The van der Waals surface area contributed by atoms with Crippen molar-refractivity contribution < 1.29 is 15.0 Å². The van der Waals surface area contributed by atoms with E-state index in [4.69, 9.17) is 0 Å². The normalized spacial score (nSPS) is 19.5. The highest BCUT2D eigenvalue weighted by Gasteiger charge is 2.35. The van der Waals surface area contributed by atoms with E-state index in [1.54, 1.807) is 12.1 Å². The standard InChI is InChI=1S/C31H39N3O3/c1-5-32(6-2)31(37)27-13-8-11-25(17-27)30(26-12-9-15-29(36)18-26)34-20-22(3)33(19-23(34)4)21-24-10-7-14-28(35)16-24/h7-18,22-23,30,35-36H,5-6,19-21H2,1-4H3/t22-,23-,30?/m1/s1. The number of nitrogens with zero attached hydrogens (tertiary/aromatic N) is 3. The first-order valence-electron chi connectivity index (χ1n) is 13.3. The summed E-state index contributed by atoms with van der Waals surface area (Å²) < 4.78 is 0. The maximum Gasteiger partial charge on any atom is 0.253 e. The largest absolute Gasteiger partial charge is 0.508 e. The molecule has 0 aromatic heterocycles. The van der Waals surface area contributed by atoms with E-state index in [0.717, 1.165) is 36.3 Å². The Bertz CT molecular complexity index is 1210. The number of phenols is 2. The molecule has 1 aliphatic rings. The molecular formula is C31H39N3O3. The quantitative estimate of drug-likeness (QED) is 0.441. The van der Waals surface area contributed by atoms with Crippen molar-refractivity contribution in [3.8, 4) is 11.5 Å². The smallest absolute Gasteiger partial charge is 0.253 e. The predicted molar refractivity (Wildman–Crippen MR) is 148 cm³/mol. The zero-order valence-electron chi connectivity index (χ0n) is 22.3. The van der Waals surface area contributed by atoms with Crippen molar-refractivity contribution in [3.05, 3.63) is 95.1 Å². The van der Waals surface area contributed by atoms with Crippen LogP contribution >= 0.6 is 0 Å².